The zero-order valence-electron chi connectivity index (χ0n) is 46.3. The van der Waals surface area contributed by atoms with Crippen LogP contribution in [0.1, 0.15) is 134 Å². The van der Waals surface area contributed by atoms with E-state index < -0.39 is 98.3 Å². The van der Waals surface area contributed by atoms with Crippen molar-refractivity contribution in [3.63, 3.8) is 0 Å². The number of ether oxygens (including phenoxy) is 6. The van der Waals surface area contributed by atoms with Crippen LogP contribution < -0.4 is 16.0 Å². The molecule has 0 aromatic carbocycles. The van der Waals surface area contributed by atoms with Crippen LogP contribution in [-0.4, -0.2) is 218 Å². The molecule has 0 aliphatic heterocycles. The highest BCUT2D eigenvalue weighted by Crippen LogP contribution is 2.28. The molecular weight excluding hydrogens is 955 g/mol. The van der Waals surface area contributed by atoms with E-state index in [2.05, 4.69) is 72.2 Å². The van der Waals surface area contributed by atoms with E-state index in [1.54, 1.807) is 0 Å². The topological polar surface area (TPSA) is 281 Å². The first-order valence-corrected chi connectivity index (χ1v) is 25.7. The first kappa shape index (κ1) is 68.5. The normalized spacial score (nSPS) is 12.2. The highest BCUT2D eigenvalue weighted by Gasteiger charge is 2.39. The summed E-state index contributed by atoms with van der Waals surface area (Å²) in [6.07, 6.45) is 4.98. The molecule has 2 amide bonds. The summed E-state index contributed by atoms with van der Waals surface area (Å²) in [4.78, 5) is 107. The number of nitrogens with zero attached hydrogens (tertiary/aromatic N) is 4. The number of aliphatic hydroxyl groups is 2. The number of carbonyl (C=O) groups is 8. The number of nitrogens with one attached hydrogen (secondary N) is 3. The molecule has 0 aromatic heterocycles. The number of hydrogen-bond acceptors (Lipinski definition) is 21. The summed E-state index contributed by atoms with van der Waals surface area (Å²) in [5.41, 5.74) is -3.55. The van der Waals surface area contributed by atoms with Gasteiger partial charge in [0, 0.05) is 131 Å². The van der Waals surface area contributed by atoms with Gasteiger partial charge in [-0.05, 0) is 38.5 Å². The van der Waals surface area contributed by atoms with Crippen molar-refractivity contribution >= 4 is 47.6 Å². The second-order valence-electron chi connectivity index (χ2n) is 18.7. The largest absolute Gasteiger partial charge is 0.463 e. The van der Waals surface area contributed by atoms with Crippen LogP contribution in [0.4, 0.5) is 0 Å². The van der Waals surface area contributed by atoms with Gasteiger partial charge in [-0.15, -0.1) is 0 Å². The summed E-state index contributed by atoms with van der Waals surface area (Å²) >= 11 is 0. The van der Waals surface area contributed by atoms with Gasteiger partial charge in [-0.25, -0.2) is 0 Å². The van der Waals surface area contributed by atoms with E-state index in [-0.39, 0.29) is 50.5 Å². The van der Waals surface area contributed by atoms with Gasteiger partial charge in [-0.1, -0.05) is 41.5 Å². The number of rotatable bonds is 42. The molecule has 0 aliphatic carbocycles. The van der Waals surface area contributed by atoms with E-state index in [1.807, 2.05) is 4.90 Å². The van der Waals surface area contributed by atoms with E-state index in [0.29, 0.717) is 52.4 Å². The minimum atomic E-state index is -1.63. The Bertz CT molecular complexity index is 1460. The molecule has 0 unspecified atom stereocenters. The van der Waals surface area contributed by atoms with Gasteiger partial charge >= 0.3 is 35.8 Å². The van der Waals surface area contributed by atoms with E-state index in [1.165, 1.54) is 0 Å². The van der Waals surface area contributed by atoms with Crippen molar-refractivity contribution in [3.05, 3.63) is 0 Å². The number of carbonyl (C=O) groups excluding carboxylic acids is 8. The van der Waals surface area contributed by atoms with Crippen molar-refractivity contribution in [1.82, 2.24) is 35.6 Å². The Hall–Kier alpha value is -4.52. The van der Waals surface area contributed by atoms with Gasteiger partial charge in [-0.3, -0.25) is 53.1 Å². The number of amides is 2. The Balaban J connectivity index is 6.70. The molecule has 0 radical (unpaired) electrons. The van der Waals surface area contributed by atoms with Crippen molar-refractivity contribution in [2.45, 2.75) is 157 Å². The van der Waals surface area contributed by atoms with Gasteiger partial charge < -0.3 is 59.5 Å². The molecule has 0 bridgehead atoms. The zero-order chi connectivity index (χ0) is 55.7. The molecule has 0 spiro atoms. The first-order valence-electron chi connectivity index (χ1n) is 25.7. The Kier molecular flexibility index (Phi) is 34.2. The maximum Gasteiger partial charge on any atom is 0.302 e. The monoisotopic (exact) mass is 1050 g/mol. The number of aliphatic hydroxyl groups excluding tert-OH is 2. The Morgan fingerprint density at radius 3 is 0.849 bits per heavy atom. The van der Waals surface area contributed by atoms with E-state index in [0.717, 1.165) is 80.1 Å². The molecular formula is C50H93N7O16. The molecule has 424 valence electrons. The van der Waals surface area contributed by atoms with Crippen molar-refractivity contribution in [1.29, 1.82) is 0 Å². The third-order valence-electron chi connectivity index (χ3n) is 13.6. The summed E-state index contributed by atoms with van der Waals surface area (Å²) < 4.78 is 31.2. The predicted octanol–water partition coefficient (Wildman–Crippen LogP) is 1.49. The predicted molar refractivity (Wildman–Crippen MR) is 271 cm³/mol. The molecule has 0 saturated carbocycles. The first-order chi connectivity index (χ1) is 34.4. The van der Waals surface area contributed by atoms with Crippen molar-refractivity contribution in [3.8, 4) is 0 Å². The van der Waals surface area contributed by atoms with Gasteiger partial charge in [0.15, 0.2) is 0 Å². The molecule has 0 aromatic rings. The standard InChI is InChI=1S/C50H93N7O16/c1-13-49(14-2,15-3)56(37-58)29-27-55(28-30-57(38-59)50(16-4,17-5)18-6)26-22-51-21-25-54(23-19-45(66)52-47(31-68-39(7)60,32-69-40(8)61)33-70-41(9)62)24-20-46(67)53-48(34-71-42(10)63,35-72-43(11)64)36-73-44(12)65/h51,58-59H,13-38H2,1-12H3,(H,52,66)(H,53,67). The summed E-state index contributed by atoms with van der Waals surface area (Å²) in [5, 5.41) is 30.1. The quantitative estimate of drug-likeness (QED) is 0.0251. The lowest BCUT2D eigenvalue weighted by atomic mass is 9.88. The van der Waals surface area contributed by atoms with Gasteiger partial charge in [0.25, 0.3) is 0 Å². The lowest BCUT2D eigenvalue weighted by Crippen LogP contribution is -2.59. The molecule has 0 saturated heterocycles. The molecule has 23 nitrogen and oxygen atoms in total. The van der Waals surface area contributed by atoms with Crippen molar-refractivity contribution in [2.24, 2.45) is 0 Å². The second-order valence-corrected chi connectivity index (χ2v) is 18.7. The van der Waals surface area contributed by atoms with E-state index in [4.69, 9.17) is 28.4 Å². The smallest absolute Gasteiger partial charge is 0.302 e. The van der Waals surface area contributed by atoms with Crippen LogP contribution in [0.2, 0.25) is 0 Å². The van der Waals surface area contributed by atoms with Crippen LogP contribution in [0.5, 0.6) is 0 Å². The van der Waals surface area contributed by atoms with Crippen LogP contribution in [0.3, 0.4) is 0 Å². The number of esters is 6. The minimum absolute atomic E-state index is 0.0714. The Labute approximate surface area is 434 Å². The molecule has 0 heterocycles. The van der Waals surface area contributed by atoms with Crippen LogP contribution in [0, 0.1) is 0 Å². The number of hydrogen-bond donors (Lipinski definition) is 5. The molecule has 0 fully saturated rings. The van der Waals surface area contributed by atoms with Crippen molar-refractivity contribution in [2.75, 3.05) is 119 Å². The van der Waals surface area contributed by atoms with E-state index >= 15 is 0 Å². The molecule has 23 heteroatoms. The Morgan fingerprint density at radius 2 is 0.630 bits per heavy atom. The summed E-state index contributed by atoms with van der Waals surface area (Å²) in [6.45, 7) is 21.4. The lowest BCUT2D eigenvalue weighted by molar-refractivity contribution is -0.158. The molecule has 5 N–H and O–H groups in total. The fourth-order valence-electron chi connectivity index (χ4n) is 8.69. The lowest BCUT2D eigenvalue weighted by Gasteiger charge is -2.44. The van der Waals surface area contributed by atoms with Crippen LogP contribution in [-0.2, 0) is 66.8 Å². The molecule has 0 rings (SSSR count). The minimum Gasteiger partial charge on any atom is -0.463 e. The third-order valence-corrected chi connectivity index (χ3v) is 13.6. The van der Waals surface area contributed by atoms with Gasteiger partial charge in [0.05, 0.1) is 13.5 Å². The van der Waals surface area contributed by atoms with Crippen LogP contribution >= 0.6 is 0 Å². The average Bonchev–Trinajstić information content (AvgIpc) is 3.35. The van der Waals surface area contributed by atoms with Gasteiger partial charge in [-0.2, -0.15) is 0 Å². The average molecular weight is 1050 g/mol. The SMILES string of the molecule is CCC(CC)(CC)N(CO)CCN(CCNCCN(CCC(=O)NC(COC(C)=O)(COC(C)=O)COC(C)=O)CCC(=O)NC(COC(C)=O)(COC(C)=O)COC(C)=O)CCN(CO)C(CC)(CC)CC. The molecule has 0 aliphatic rings. The Morgan fingerprint density at radius 1 is 0.384 bits per heavy atom. The third kappa shape index (κ3) is 27.0. The second kappa shape index (κ2) is 36.4. The van der Waals surface area contributed by atoms with Gasteiger partial charge in [0.2, 0.25) is 11.8 Å². The van der Waals surface area contributed by atoms with Crippen LogP contribution in [0.25, 0.3) is 0 Å². The fraction of sp³-hybridized carbons (Fsp3) is 0.840. The molecule has 73 heavy (non-hydrogen) atoms. The zero-order valence-corrected chi connectivity index (χ0v) is 46.3. The summed E-state index contributed by atoms with van der Waals surface area (Å²) in [5.74, 6) is -5.34. The highest BCUT2D eigenvalue weighted by atomic mass is 16.6. The molecule has 0 atom stereocenters. The highest BCUT2D eigenvalue weighted by molar-refractivity contribution is 5.78. The maximum atomic E-state index is 13.7. The van der Waals surface area contributed by atoms with Crippen LogP contribution in [0.15, 0.2) is 0 Å². The van der Waals surface area contributed by atoms with Crippen molar-refractivity contribution < 1.29 is 77.0 Å². The van der Waals surface area contributed by atoms with Gasteiger partial charge in [0.1, 0.15) is 50.7 Å². The summed E-state index contributed by atoms with van der Waals surface area (Å²) in [7, 11) is 0. The maximum absolute atomic E-state index is 13.7. The summed E-state index contributed by atoms with van der Waals surface area (Å²) in [6, 6.07) is 0. The fourth-order valence-corrected chi connectivity index (χ4v) is 8.69. The van der Waals surface area contributed by atoms with E-state index in [9.17, 15) is 48.6 Å².